The van der Waals surface area contributed by atoms with Crippen molar-refractivity contribution in [2.75, 3.05) is 13.2 Å². The van der Waals surface area contributed by atoms with Crippen LogP contribution in [-0.4, -0.2) is 25.2 Å². The van der Waals surface area contributed by atoms with E-state index in [0.29, 0.717) is 34.6 Å². The summed E-state index contributed by atoms with van der Waals surface area (Å²) >= 11 is 12.2. The van der Waals surface area contributed by atoms with E-state index in [4.69, 9.17) is 33.7 Å². The molecular formula is C18H25Cl2N3O. The lowest BCUT2D eigenvalue weighted by Crippen LogP contribution is -2.37. The molecule has 3 atom stereocenters. The third kappa shape index (κ3) is 3.98. The van der Waals surface area contributed by atoms with E-state index in [1.807, 2.05) is 19.1 Å². The van der Waals surface area contributed by atoms with Crippen LogP contribution in [0.15, 0.2) is 23.2 Å². The van der Waals surface area contributed by atoms with Crippen molar-refractivity contribution in [3.63, 3.8) is 0 Å². The molecule has 1 aromatic rings. The van der Waals surface area contributed by atoms with Crippen LogP contribution >= 0.6 is 23.2 Å². The van der Waals surface area contributed by atoms with Gasteiger partial charge in [0.05, 0.1) is 18.7 Å². The normalized spacial score (nSPS) is 28.8. The van der Waals surface area contributed by atoms with E-state index in [9.17, 15) is 0 Å². The van der Waals surface area contributed by atoms with Crippen molar-refractivity contribution >= 4 is 29.2 Å². The van der Waals surface area contributed by atoms with Gasteiger partial charge in [0.1, 0.15) is 0 Å². The fraction of sp³-hybridized carbons (Fsp3) is 0.611. The molecule has 3 N–H and O–H groups in total. The second-order valence-corrected chi connectivity index (χ2v) is 8.11. The van der Waals surface area contributed by atoms with Crippen LogP contribution in [0.5, 0.6) is 0 Å². The van der Waals surface area contributed by atoms with Gasteiger partial charge in [-0.1, -0.05) is 36.2 Å². The SMILES string of the molecule is CC(NC(N)=NCC1(C)CCOC1C1CC1)c1ccc(Cl)cc1Cl. The second-order valence-electron chi connectivity index (χ2n) is 7.27. The molecule has 4 nitrogen and oxygen atoms in total. The number of nitrogens with one attached hydrogen (secondary N) is 1. The first kappa shape index (κ1) is 17.8. The predicted molar refractivity (Wildman–Crippen MR) is 99.7 cm³/mol. The number of nitrogens with zero attached hydrogens (tertiary/aromatic N) is 1. The molecular weight excluding hydrogens is 345 g/mol. The molecule has 2 aliphatic rings. The Balaban J connectivity index is 1.61. The molecule has 0 bridgehead atoms. The zero-order valence-electron chi connectivity index (χ0n) is 14.2. The zero-order chi connectivity index (χ0) is 17.3. The molecule has 1 aromatic carbocycles. The minimum Gasteiger partial charge on any atom is -0.377 e. The molecule has 1 saturated carbocycles. The van der Waals surface area contributed by atoms with E-state index >= 15 is 0 Å². The van der Waals surface area contributed by atoms with E-state index < -0.39 is 0 Å². The monoisotopic (exact) mass is 369 g/mol. The maximum Gasteiger partial charge on any atom is 0.189 e. The van der Waals surface area contributed by atoms with Gasteiger partial charge in [0.2, 0.25) is 0 Å². The average molecular weight is 370 g/mol. The van der Waals surface area contributed by atoms with E-state index in [1.165, 1.54) is 12.8 Å². The highest BCUT2D eigenvalue weighted by molar-refractivity contribution is 6.35. The van der Waals surface area contributed by atoms with Gasteiger partial charge in [0.25, 0.3) is 0 Å². The van der Waals surface area contributed by atoms with Crippen LogP contribution in [-0.2, 0) is 4.74 Å². The third-order valence-electron chi connectivity index (χ3n) is 5.11. The Bertz CT molecular complexity index is 633. The fourth-order valence-corrected chi connectivity index (χ4v) is 4.07. The van der Waals surface area contributed by atoms with Crippen molar-refractivity contribution in [3.05, 3.63) is 33.8 Å². The third-order valence-corrected chi connectivity index (χ3v) is 5.67. The number of halogens is 2. The molecule has 1 aliphatic heterocycles. The van der Waals surface area contributed by atoms with Crippen LogP contribution in [0.2, 0.25) is 10.0 Å². The van der Waals surface area contributed by atoms with E-state index in [-0.39, 0.29) is 11.5 Å². The van der Waals surface area contributed by atoms with E-state index in [2.05, 4.69) is 17.2 Å². The Labute approximate surface area is 153 Å². The summed E-state index contributed by atoms with van der Waals surface area (Å²) in [6.45, 7) is 5.79. The van der Waals surface area contributed by atoms with Crippen LogP contribution in [0, 0.1) is 11.3 Å². The summed E-state index contributed by atoms with van der Waals surface area (Å²) in [5.74, 6) is 1.16. The highest BCUT2D eigenvalue weighted by Crippen LogP contribution is 2.47. The highest BCUT2D eigenvalue weighted by Gasteiger charge is 2.48. The van der Waals surface area contributed by atoms with Gasteiger partial charge < -0.3 is 15.8 Å². The molecule has 0 aromatic heterocycles. The molecule has 2 fully saturated rings. The quantitative estimate of drug-likeness (QED) is 0.604. The van der Waals surface area contributed by atoms with Gasteiger partial charge >= 0.3 is 0 Å². The largest absolute Gasteiger partial charge is 0.377 e. The standard InChI is InChI=1S/C18H25Cl2N3O/c1-11(14-6-5-13(19)9-15(14)20)23-17(21)22-10-18(2)7-8-24-16(18)12-3-4-12/h5-6,9,11-12,16H,3-4,7-8,10H2,1-2H3,(H3,21,22,23). The molecule has 6 heteroatoms. The van der Waals surface area contributed by atoms with Crippen LogP contribution in [0.1, 0.15) is 44.7 Å². The number of benzene rings is 1. The second kappa shape index (κ2) is 7.11. The Morgan fingerprint density at radius 3 is 2.88 bits per heavy atom. The summed E-state index contributed by atoms with van der Waals surface area (Å²) in [5.41, 5.74) is 7.14. The number of nitrogens with two attached hydrogens (primary N) is 1. The molecule has 0 spiro atoms. The molecule has 1 aliphatic carbocycles. The van der Waals surface area contributed by atoms with Crippen LogP contribution < -0.4 is 11.1 Å². The maximum absolute atomic E-state index is 6.25. The molecule has 0 radical (unpaired) electrons. The summed E-state index contributed by atoms with van der Waals surface area (Å²) in [7, 11) is 0. The van der Waals surface area contributed by atoms with Crippen molar-refractivity contribution in [2.45, 2.75) is 45.3 Å². The van der Waals surface area contributed by atoms with Crippen molar-refractivity contribution in [2.24, 2.45) is 22.1 Å². The molecule has 3 unspecified atom stereocenters. The van der Waals surface area contributed by atoms with Gasteiger partial charge in [-0.15, -0.1) is 0 Å². The number of guanidine groups is 1. The lowest BCUT2D eigenvalue weighted by molar-refractivity contribution is 0.0425. The van der Waals surface area contributed by atoms with E-state index in [1.54, 1.807) is 6.07 Å². The zero-order valence-corrected chi connectivity index (χ0v) is 15.7. The minimum absolute atomic E-state index is 0.0367. The van der Waals surface area contributed by atoms with Gasteiger partial charge in [-0.2, -0.15) is 0 Å². The summed E-state index contributed by atoms with van der Waals surface area (Å²) < 4.78 is 5.94. The highest BCUT2D eigenvalue weighted by atomic mass is 35.5. The molecule has 1 saturated heterocycles. The average Bonchev–Trinajstić information content (AvgIpc) is 3.28. The number of ether oxygens (including phenoxy) is 1. The first-order chi connectivity index (χ1) is 11.4. The molecule has 1 heterocycles. The summed E-state index contributed by atoms with van der Waals surface area (Å²) in [6, 6.07) is 5.43. The summed E-state index contributed by atoms with van der Waals surface area (Å²) in [5, 5.41) is 4.46. The molecule has 24 heavy (non-hydrogen) atoms. The number of hydrogen-bond donors (Lipinski definition) is 2. The molecule has 132 valence electrons. The molecule has 0 amide bonds. The Kier molecular flexibility index (Phi) is 5.28. The lowest BCUT2D eigenvalue weighted by atomic mass is 9.81. The van der Waals surface area contributed by atoms with E-state index in [0.717, 1.165) is 18.6 Å². The lowest BCUT2D eigenvalue weighted by Gasteiger charge is -2.28. The predicted octanol–water partition coefficient (Wildman–Crippen LogP) is 4.16. The van der Waals surface area contributed by atoms with Crippen molar-refractivity contribution < 1.29 is 4.74 Å². The first-order valence-electron chi connectivity index (χ1n) is 8.52. The van der Waals surface area contributed by atoms with Crippen molar-refractivity contribution in [3.8, 4) is 0 Å². The topological polar surface area (TPSA) is 59.6 Å². The number of rotatable bonds is 5. The van der Waals surface area contributed by atoms with Crippen LogP contribution in [0.25, 0.3) is 0 Å². The summed E-state index contributed by atoms with van der Waals surface area (Å²) in [6.07, 6.45) is 3.94. The Morgan fingerprint density at radius 1 is 1.46 bits per heavy atom. The maximum atomic E-state index is 6.25. The van der Waals surface area contributed by atoms with Gasteiger partial charge in [0.15, 0.2) is 5.96 Å². The Morgan fingerprint density at radius 2 is 2.21 bits per heavy atom. The van der Waals surface area contributed by atoms with Gasteiger partial charge in [-0.3, -0.25) is 4.99 Å². The fourth-order valence-electron chi connectivity index (χ4n) is 3.50. The van der Waals surface area contributed by atoms with Crippen LogP contribution in [0.4, 0.5) is 0 Å². The smallest absolute Gasteiger partial charge is 0.189 e. The molecule has 3 rings (SSSR count). The van der Waals surface area contributed by atoms with Crippen molar-refractivity contribution in [1.29, 1.82) is 0 Å². The first-order valence-corrected chi connectivity index (χ1v) is 9.28. The minimum atomic E-state index is -0.0367. The van der Waals surface area contributed by atoms with Crippen molar-refractivity contribution in [1.82, 2.24) is 5.32 Å². The van der Waals surface area contributed by atoms with Crippen LogP contribution in [0.3, 0.4) is 0 Å². The number of aliphatic imine (C=N–C) groups is 1. The Hall–Kier alpha value is -0.970. The van der Waals surface area contributed by atoms with Gasteiger partial charge in [-0.05, 0) is 49.8 Å². The van der Waals surface area contributed by atoms with Gasteiger partial charge in [0, 0.05) is 22.1 Å². The number of hydrogen-bond acceptors (Lipinski definition) is 2. The van der Waals surface area contributed by atoms with Gasteiger partial charge in [-0.25, -0.2) is 0 Å². The summed E-state index contributed by atoms with van der Waals surface area (Å²) in [4.78, 5) is 4.59.